The van der Waals surface area contributed by atoms with Gasteiger partial charge in [0.05, 0.1) is 36.6 Å². The molecule has 5 aliphatic carbocycles. The van der Waals surface area contributed by atoms with Crippen LogP contribution in [0.25, 0.3) is 11.3 Å². The van der Waals surface area contributed by atoms with Gasteiger partial charge in [-0.3, -0.25) is 4.79 Å². The number of benzene rings is 1. The van der Waals surface area contributed by atoms with Crippen LogP contribution in [0.3, 0.4) is 0 Å². The molecule has 0 radical (unpaired) electrons. The highest BCUT2D eigenvalue weighted by Crippen LogP contribution is 2.77. The van der Waals surface area contributed by atoms with Crippen LogP contribution in [0.4, 0.5) is 0 Å². The zero-order valence-corrected chi connectivity index (χ0v) is 32.4. The van der Waals surface area contributed by atoms with Gasteiger partial charge in [-0.25, -0.2) is 4.98 Å². The number of amides is 1. The average molecular weight is 684 g/mol. The molecule has 274 valence electrons. The summed E-state index contributed by atoms with van der Waals surface area (Å²) in [5.74, 6) is 5.72. The zero-order valence-electron chi connectivity index (χ0n) is 32.4. The number of ether oxygens (including phenoxy) is 1. The van der Waals surface area contributed by atoms with E-state index in [1.807, 2.05) is 18.3 Å². The maximum atomic E-state index is 15.4. The Hall–Kier alpha value is -2.34. The number of aliphatic hydroxyl groups excluding tert-OH is 1. The molecule has 8 rings (SSSR count). The summed E-state index contributed by atoms with van der Waals surface area (Å²) in [5.41, 5.74) is 2.57. The molecule has 1 unspecified atom stereocenters. The molecule has 1 amide bonds. The molecule has 5 saturated carbocycles. The summed E-state index contributed by atoms with van der Waals surface area (Å²) in [6, 6.07) is 8.14. The van der Waals surface area contributed by atoms with Gasteiger partial charge < -0.3 is 19.7 Å². The molecule has 2 aromatic rings. The van der Waals surface area contributed by atoms with Gasteiger partial charge in [0.2, 0.25) is 5.91 Å². The van der Waals surface area contributed by atoms with Crippen LogP contribution >= 0.6 is 0 Å². The molecule has 2 heterocycles. The van der Waals surface area contributed by atoms with Gasteiger partial charge in [-0.2, -0.15) is 0 Å². The van der Waals surface area contributed by atoms with E-state index in [1.165, 1.54) is 38.5 Å². The van der Waals surface area contributed by atoms with Gasteiger partial charge in [-0.05, 0) is 164 Å². The molecule has 1 aromatic heterocycles. The fraction of sp³-hybridized carbons (Fsp3) is 0.773. The number of aromatic nitrogens is 2. The van der Waals surface area contributed by atoms with Crippen LogP contribution in [0, 0.1) is 62.6 Å². The topological polar surface area (TPSA) is 78.4 Å². The molecule has 1 aromatic carbocycles. The number of methoxy groups -OCH3 is 1. The van der Waals surface area contributed by atoms with Crippen LogP contribution in [-0.4, -0.2) is 45.6 Å². The number of H-pyrrole nitrogens is 1. The lowest BCUT2D eigenvalue weighted by molar-refractivity contribution is -0.249. The predicted octanol–water partition coefficient (Wildman–Crippen LogP) is 9.85. The summed E-state index contributed by atoms with van der Waals surface area (Å²) >= 11 is 0. The lowest BCUT2D eigenvalue weighted by atomic mass is 9.32. The van der Waals surface area contributed by atoms with Crippen molar-refractivity contribution in [3.63, 3.8) is 0 Å². The van der Waals surface area contributed by atoms with E-state index in [0.29, 0.717) is 41.4 Å². The summed E-state index contributed by atoms with van der Waals surface area (Å²) in [7, 11) is 1.69. The summed E-state index contributed by atoms with van der Waals surface area (Å²) < 4.78 is 5.37. The highest BCUT2D eigenvalue weighted by atomic mass is 16.5. The quantitative estimate of drug-likeness (QED) is 0.329. The van der Waals surface area contributed by atoms with Crippen molar-refractivity contribution in [3.8, 4) is 17.0 Å². The number of hydrogen-bond donors (Lipinski definition) is 2. The fourth-order valence-electron chi connectivity index (χ4n) is 14.8. The number of carbonyl (C=O) groups excluding carboxylic acids is 1. The van der Waals surface area contributed by atoms with Crippen molar-refractivity contribution in [1.29, 1.82) is 0 Å². The van der Waals surface area contributed by atoms with Crippen LogP contribution in [0.15, 0.2) is 30.5 Å². The van der Waals surface area contributed by atoms with Crippen molar-refractivity contribution in [2.24, 2.45) is 62.6 Å². The second kappa shape index (κ2) is 11.8. The molecule has 1 aliphatic heterocycles. The predicted molar refractivity (Wildman–Crippen MR) is 199 cm³/mol. The number of aromatic amines is 1. The van der Waals surface area contributed by atoms with E-state index < -0.39 is 0 Å². The molecule has 2 N–H and O–H groups in total. The van der Waals surface area contributed by atoms with Gasteiger partial charge in [-0.1, -0.05) is 48.5 Å². The average Bonchev–Trinajstić information content (AvgIpc) is 3.86. The molecular weight excluding hydrogens is 619 g/mol. The number of carbonyl (C=O) groups is 1. The minimum atomic E-state index is -0.256. The number of likely N-dealkylation sites (tertiary alicyclic amines) is 1. The summed E-state index contributed by atoms with van der Waals surface area (Å²) in [6.07, 6.45) is 15.4. The largest absolute Gasteiger partial charge is 0.497 e. The van der Waals surface area contributed by atoms with Crippen molar-refractivity contribution < 1.29 is 14.6 Å². The molecule has 1 saturated heterocycles. The Kier molecular flexibility index (Phi) is 8.22. The van der Waals surface area contributed by atoms with Crippen LogP contribution in [0.5, 0.6) is 5.75 Å². The monoisotopic (exact) mass is 684 g/mol. The molecule has 6 heteroatoms. The SMILES string of the molecule is COc1ccc(-c2cnc(C3CCCN3C(=O)[C@]34CC[C@@H](C(C)C)[C@@H]3[C@H]3CC[C@@H]5[C@@]6(C)CC[C@H](O)C(C)(C)[C@@H]6CC[C@@]5(C)[C@]3(C)CC4)[nH]2)cc1. The number of aliphatic hydroxyl groups is 1. The van der Waals surface area contributed by atoms with E-state index in [4.69, 9.17) is 9.72 Å². The van der Waals surface area contributed by atoms with Crippen molar-refractivity contribution in [3.05, 3.63) is 36.3 Å². The minimum Gasteiger partial charge on any atom is -0.497 e. The molecule has 6 fully saturated rings. The normalized spacial score (nSPS) is 43.6. The number of fused-ring (bicyclic) bond motifs is 7. The Balaban J connectivity index is 1.10. The number of nitrogens with zero attached hydrogens (tertiary/aromatic N) is 2. The molecule has 11 atom stereocenters. The highest BCUT2D eigenvalue weighted by molar-refractivity contribution is 5.84. The third-order valence-electron chi connectivity index (χ3n) is 17.6. The van der Waals surface area contributed by atoms with Crippen LogP contribution in [-0.2, 0) is 4.79 Å². The Morgan fingerprint density at radius 2 is 1.66 bits per heavy atom. The highest BCUT2D eigenvalue weighted by Gasteiger charge is 2.72. The summed E-state index contributed by atoms with van der Waals surface area (Å²) in [4.78, 5) is 26.3. The molecule has 0 spiro atoms. The summed E-state index contributed by atoms with van der Waals surface area (Å²) in [5, 5.41) is 11.2. The van der Waals surface area contributed by atoms with Crippen molar-refractivity contribution >= 4 is 5.91 Å². The Morgan fingerprint density at radius 1 is 0.900 bits per heavy atom. The van der Waals surface area contributed by atoms with E-state index in [0.717, 1.165) is 67.9 Å². The van der Waals surface area contributed by atoms with E-state index in [9.17, 15) is 5.11 Å². The maximum absolute atomic E-state index is 15.4. The second-order valence-electron chi connectivity index (χ2n) is 19.7. The first kappa shape index (κ1) is 34.7. The number of hydrogen-bond acceptors (Lipinski definition) is 4. The third-order valence-corrected chi connectivity index (χ3v) is 17.6. The van der Waals surface area contributed by atoms with Crippen molar-refractivity contribution in [2.45, 2.75) is 138 Å². The summed E-state index contributed by atoms with van der Waals surface area (Å²) in [6.45, 7) is 18.5. The van der Waals surface area contributed by atoms with Gasteiger partial charge in [0.25, 0.3) is 0 Å². The van der Waals surface area contributed by atoms with Gasteiger partial charge in [0, 0.05) is 6.54 Å². The lowest BCUT2D eigenvalue weighted by Crippen LogP contribution is -2.67. The van der Waals surface area contributed by atoms with Crippen molar-refractivity contribution in [1.82, 2.24) is 14.9 Å². The van der Waals surface area contributed by atoms with Crippen LogP contribution in [0.1, 0.15) is 137 Å². The molecule has 0 bridgehead atoms. The maximum Gasteiger partial charge on any atom is 0.229 e. The fourth-order valence-corrected chi connectivity index (χ4v) is 14.8. The van der Waals surface area contributed by atoms with Gasteiger partial charge >= 0.3 is 0 Å². The first-order chi connectivity index (χ1) is 23.7. The second-order valence-corrected chi connectivity index (χ2v) is 19.7. The van der Waals surface area contributed by atoms with Crippen LogP contribution in [0.2, 0.25) is 0 Å². The zero-order chi connectivity index (χ0) is 35.4. The Morgan fingerprint density at radius 3 is 2.38 bits per heavy atom. The van der Waals surface area contributed by atoms with Gasteiger partial charge in [-0.15, -0.1) is 0 Å². The van der Waals surface area contributed by atoms with E-state index in [-0.39, 0.29) is 39.2 Å². The first-order valence-corrected chi connectivity index (χ1v) is 20.4. The number of rotatable bonds is 5. The smallest absolute Gasteiger partial charge is 0.229 e. The van der Waals surface area contributed by atoms with Gasteiger partial charge in [0.15, 0.2) is 0 Å². The molecule has 50 heavy (non-hydrogen) atoms. The van der Waals surface area contributed by atoms with Gasteiger partial charge in [0.1, 0.15) is 11.6 Å². The minimum absolute atomic E-state index is 0.0180. The number of nitrogens with one attached hydrogen (secondary N) is 1. The first-order valence-electron chi connectivity index (χ1n) is 20.4. The molecular formula is C44H65N3O3. The standard InChI is InChI=1S/C44H65N3O3/c1-27(2)30-17-22-44(39(49)47-25-9-10-33(47)38-45-26-32(46-38)28-11-13-29(50-8)14-12-28)24-23-42(6)31(37(30)44)15-16-35-41(5)20-19-36(48)40(3,4)34(41)18-21-43(35,42)7/h11-14,26-27,30-31,33-37,48H,9-10,15-25H2,1-8H3,(H,45,46)/t30-,31+,33?,34-,35+,36-,37+,41-,42+,43+,44-/m0/s1. The van der Waals surface area contributed by atoms with E-state index in [1.54, 1.807) is 7.11 Å². The van der Waals surface area contributed by atoms with E-state index in [2.05, 4.69) is 70.5 Å². The number of imidazole rings is 1. The lowest BCUT2D eigenvalue weighted by Gasteiger charge is -2.73. The molecule has 6 nitrogen and oxygen atoms in total. The van der Waals surface area contributed by atoms with Crippen molar-refractivity contribution in [2.75, 3.05) is 13.7 Å². The Labute approximate surface area is 301 Å². The molecule has 6 aliphatic rings. The van der Waals surface area contributed by atoms with Crippen LogP contribution < -0.4 is 4.74 Å². The van der Waals surface area contributed by atoms with E-state index >= 15 is 4.79 Å². The Bertz CT molecular complexity index is 1600. The third kappa shape index (κ3) is 4.67.